The van der Waals surface area contributed by atoms with Crippen molar-refractivity contribution in [1.82, 2.24) is 10.6 Å². The minimum atomic E-state index is -1.15. The van der Waals surface area contributed by atoms with E-state index in [1.54, 1.807) is 0 Å². The van der Waals surface area contributed by atoms with E-state index in [-0.39, 0.29) is 23.9 Å². The van der Waals surface area contributed by atoms with Gasteiger partial charge in [0, 0.05) is 12.1 Å². The Morgan fingerprint density at radius 3 is 1.77 bits per heavy atom. The second-order valence-electron chi connectivity index (χ2n) is 9.15. The monoisotopic (exact) mass is 406 g/mol. The molecule has 1 aromatic carbocycles. The molecule has 0 spiro atoms. The Balaban J connectivity index is 1.53. The summed E-state index contributed by atoms with van der Waals surface area (Å²) in [5, 5.41) is 6.44. The number of hydrogen-bond acceptors (Lipinski definition) is 2. The van der Waals surface area contributed by atoms with Gasteiger partial charge < -0.3 is 10.6 Å². The van der Waals surface area contributed by atoms with Crippen molar-refractivity contribution >= 4 is 17.4 Å². The van der Waals surface area contributed by atoms with Crippen LogP contribution in [0.25, 0.3) is 5.57 Å². The van der Waals surface area contributed by atoms with Gasteiger partial charge in [-0.25, -0.2) is 0 Å². The lowest BCUT2D eigenvalue weighted by Gasteiger charge is -2.35. The number of benzene rings is 1. The Morgan fingerprint density at radius 2 is 1.30 bits per heavy atom. The highest BCUT2D eigenvalue weighted by Gasteiger charge is 2.45. The molecule has 4 heteroatoms. The van der Waals surface area contributed by atoms with Gasteiger partial charge >= 0.3 is 0 Å². The zero-order valence-electron chi connectivity index (χ0n) is 17.9. The number of hydrogen-bond donors (Lipinski definition) is 2. The van der Waals surface area contributed by atoms with Gasteiger partial charge in [-0.3, -0.25) is 9.59 Å². The van der Waals surface area contributed by atoms with Crippen molar-refractivity contribution < 1.29 is 9.59 Å². The molecule has 0 aliphatic heterocycles. The summed E-state index contributed by atoms with van der Waals surface area (Å²) in [6.07, 6.45) is 17.4. The largest absolute Gasteiger partial charge is 0.352 e. The van der Waals surface area contributed by atoms with Crippen LogP contribution in [0.15, 0.2) is 48.6 Å². The maximum Gasteiger partial charge on any atom is 0.240 e. The van der Waals surface area contributed by atoms with Gasteiger partial charge in [-0.15, -0.1) is 0 Å². The van der Waals surface area contributed by atoms with Gasteiger partial charge in [0.15, 0.2) is 0 Å². The van der Waals surface area contributed by atoms with E-state index in [0.717, 1.165) is 62.5 Å². The molecule has 4 rings (SSSR count). The predicted molar refractivity (Wildman–Crippen MR) is 121 cm³/mol. The molecule has 0 atom stereocenters. The molecule has 2 N–H and O–H groups in total. The van der Waals surface area contributed by atoms with Crippen LogP contribution >= 0.6 is 0 Å². The fourth-order valence-electron chi connectivity index (χ4n) is 5.05. The standard InChI is InChI=1S/C26H34N2O2/c29-24(27-22-12-6-2-7-13-22)26(25(30)28-23-14-8-3-9-15-23)18-16-21(17-19-26)20-10-4-1-5-11-20/h1,4-5,10-11,16-18,22-23H,2-3,6-9,12-15,19H2,(H,27,29)(H,28,30). The molecular weight excluding hydrogens is 372 g/mol. The van der Waals surface area contributed by atoms with Crippen LogP contribution in [-0.2, 0) is 9.59 Å². The van der Waals surface area contributed by atoms with E-state index in [1.165, 1.54) is 12.8 Å². The fraction of sp³-hybridized carbons (Fsp3) is 0.538. The normalized spacial score (nSPS) is 22.2. The van der Waals surface area contributed by atoms with Gasteiger partial charge in [-0.2, -0.15) is 0 Å². The fourth-order valence-corrected chi connectivity index (χ4v) is 5.05. The van der Waals surface area contributed by atoms with Crippen molar-refractivity contribution in [2.24, 2.45) is 5.41 Å². The summed E-state index contributed by atoms with van der Waals surface area (Å²) >= 11 is 0. The smallest absolute Gasteiger partial charge is 0.240 e. The zero-order chi connectivity index (χ0) is 20.8. The zero-order valence-corrected chi connectivity index (χ0v) is 17.9. The lowest BCUT2D eigenvalue weighted by Crippen LogP contribution is -2.55. The maximum absolute atomic E-state index is 13.5. The van der Waals surface area contributed by atoms with E-state index >= 15 is 0 Å². The summed E-state index contributed by atoms with van der Waals surface area (Å²) < 4.78 is 0. The van der Waals surface area contributed by atoms with E-state index in [2.05, 4.69) is 28.8 Å². The summed E-state index contributed by atoms with van der Waals surface area (Å²) in [5.41, 5.74) is 1.04. The minimum Gasteiger partial charge on any atom is -0.352 e. The van der Waals surface area contributed by atoms with Crippen molar-refractivity contribution in [3.05, 3.63) is 54.1 Å². The molecule has 160 valence electrons. The van der Waals surface area contributed by atoms with Gasteiger partial charge in [0.1, 0.15) is 5.41 Å². The van der Waals surface area contributed by atoms with Crippen LogP contribution < -0.4 is 10.6 Å². The summed E-state index contributed by atoms with van der Waals surface area (Å²) in [4.78, 5) is 26.9. The Morgan fingerprint density at radius 1 is 0.767 bits per heavy atom. The SMILES string of the molecule is O=C(NC1CCCCC1)C1(C(=O)NC2CCCCC2)C=CC(c2ccccc2)=CC1. The van der Waals surface area contributed by atoms with Gasteiger partial charge in [0.2, 0.25) is 11.8 Å². The summed E-state index contributed by atoms with van der Waals surface area (Å²) in [6, 6.07) is 10.5. The first-order valence-corrected chi connectivity index (χ1v) is 11.7. The quantitative estimate of drug-likeness (QED) is 0.682. The molecule has 3 aliphatic rings. The molecule has 0 saturated heterocycles. The van der Waals surface area contributed by atoms with E-state index in [9.17, 15) is 9.59 Å². The number of rotatable bonds is 5. The van der Waals surface area contributed by atoms with Crippen LogP contribution in [0.4, 0.5) is 0 Å². The van der Waals surface area contributed by atoms with E-state index in [4.69, 9.17) is 0 Å². The van der Waals surface area contributed by atoms with E-state index in [0.29, 0.717) is 6.42 Å². The third-order valence-electron chi connectivity index (χ3n) is 6.99. The van der Waals surface area contributed by atoms with Gasteiger partial charge in [-0.1, -0.05) is 87.1 Å². The van der Waals surface area contributed by atoms with E-state index in [1.807, 2.05) is 30.4 Å². The molecule has 1 aromatic rings. The lowest BCUT2D eigenvalue weighted by molar-refractivity contribution is -0.141. The van der Waals surface area contributed by atoms with Crippen molar-refractivity contribution in [3.63, 3.8) is 0 Å². The Labute approximate surface area is 180 Å². The summed E-state index contributed by atoms with van der Waals surface area (Å²) in [6.45, 7) is 0. The van der Waals surface area contributed by atoms with Crippen LogP contribution in [-0.4, -0.2) is 23.9 Å². The Hall–Kier alpha value is -2.36. The molecule has 0 aromatic heterocycles. The molecule has 4 nitrogen and oxygen atoms in total. The van der Waals surface area contributed by atoms with Crippen molar-refractivity contribution in [1.29, 1.82) is 0 Å². The molecule has 30 heavy (non-hydrogen) atoms. The molecule has 2 saturated carbocycles. The predicted octanol–water partition coefficient (Wildman–Crippen LogP) is 4.91. The summed E-state index contributed by atoms with van der Waals surface area (Å²) in [7, 11) is 0. The highest BCUT2D eigenvalue weighted by atomic mass is 16.2. The number of nitrogens with one attached hydrogen (secondary N) is 2. The second-order valence-corrected chi connectivity index (χ2v) is 9.15. The molecule has 0 bridgehead atoms. The lowest BCUT2D eigenvalue weighted by atomic mass is 9.76. The third kappa shape index (κ3) is 4.69. The van der Waals surface area contributed by atoms with Crippen LogP contribution in [0.3, 0.4) is 0 Å². The minimum absolute atomic E-state index is 0.137. The van der Waals surface area contributed by atoms with Crippen LogP contribution in [0, 0.1) is 5.41 Å². The van der Waals surface area contributed by atoms with Crippen LogP contribution in [0.1, 0.15) is 76.2 Å². The first kappa shape index (κ1) is 20.9. The van der Waals surface area contributed by atoms with Crippen molar-refractivity contribution in [2.75, 3.05) is 0 Å². The van der Waals surface area contributed by atoms with Crippen LogP contribution in [0.5, 0.6) is 0 Å². The van der Waals surface area contributed by atoms with Gasteiger partial charge in [-0.05, 0) is 43.2 Å². The molecule has 3 aliphatic carbocycles. The third-order valence-corrected chi connectivity index (χ3v) is 6.99. The molecule has 0 radical (unpaired) electrons. The molecule has 0 heterocycles. The average Bonchev–Trinajstić information content (AvgIpc) is 2.81. The number of carbonyl (C=O) groups excluding carboxylic acids is 2. The first-order chi connectivity index (χ1) is 14.7. The second kappa shape index (κ2) is 9.63. The van der Waals surface area contributed by atoms with Crippen molar-refractivity contribution in [3.8, 4) is 0 Å². The maximum atomic E-state index is 13.5. The highest BCUT2D eigenvalue weighted by molar-refractivity contribution is 6.08. The van der Waals surface area contributed by atoms with Gasteiger partial charge in [0.25, 0.3) is 0 Å². The number of amides is 2. The van der Waals surface area contributed by atoms with Crippen molar-refractivity contribution in [2.45, 2.75) is 82.7 Å². The Bertz CT molecular complexity index is 768. The number of allylic oxidation sites excluding steroid dienone is 3. The molecular formula is C26H34N2O2. The van der Waals surface area contributed by atoms with Gasteiger partial charge in [0.05, 0.1) is 0 Å². The Kier molecular flexibility index (Phi) is 6.71. The highest BCUT2D eigenvalue weighted by Crippen LogP contribution is 2.35. The molecule has 0 unspecified atom stereocenters. The average molecular weight is 407 g/mol. The topological polar surface area (TPSA) is 58.2 Å². The van der Waals surface area contributed by atoms with E-state index < -0.39 is 5.41 Å². The number of carbonyl (C=O) groups is 2. The first-order valence-electron chi connectivity index (χ1n) is 11.7. The summed E-state index contributed by atoms with van der Waals surface area (Å²) in [5.74, 6) is -0.273. The van der Waals surface area contributed by atoms with Crippen LogP contribution in [0.2, 0.25) is 0 Å². The molecule has 2 fully saturated rings. The molecule has 2 amide bonds.